The number of hydrogen-bond acceptors (Lipinski definition) is 6. The molecule has 0 amide bonds. The Morgan fingerprint density at radius 1 is 1.33 bits per heavy atom. The second-order valence-corrected chi connectivity index (χ2v) is 5.92. The Morgan fingerprint density at radius 3 is 2.95 bits per heavy atom. The molecule has 0 radical (unpaired) electrons. The van der Waals surface area contributed by atoms with Crippen molar-refractivity contribution >= 4 is 12.3 Å². The van der Waals surface area contributed by atoms with Gasteiger partial charge in [-0.3, -0.25) is 4.79 Å². The molecule has 6 nitrogen and oxygen atoms in total. The van der Waals surface area contributed by atoms with Crippen LogP contribution in [0.4, 0.5) is 0 Å². The van der Waals surface area contributed by atoms with Gasteiger partial charge in [-0.25, -0.2) is 0 Å². The molecular weight excluding hydrogens is 276 g/mol. The Balaban J connectivity index is 2.02. The summed E-state index contributed by atoms with van der Waals surface area (Å²) in [6.07, 6.45) is 2.60. The molecule has 2 aliphatic heterocycles. The van der Waals surface area contributed by atoms with E-state index in [9.17, 15) is 9.59 Å². The van der Waals surface area contributed by atoms with E-state index in [1.54, 1.807) is 0 Å². The van der Waals surface area contributed by atoms with Crippen LogP contribution in [0.15, 0.2) is 0 Å². The molecule has 0 bridgehead atoms. The molecule has 1 aliphatic carbocycles. The predicted molar refractivity (Wildman–Crippen MR) is 71.4 cm³/mol. The lowest BCUT2D eigenvalue weighted by molar-refractivity contribution is -0.291. The second-order valence-electron chi connectivity index (χ2n) is 5.92. The van der Waals surface area contributed by atoms with Gasteiger partial charge in [-0.2, -0.15) is 0 Å². The smallest absolute Gasteiger partial charge is 0.306 e. The van der Waals surface area contributed by atoms with E-state index < -0.39 is 11.7 Å². The van der Waals surface area contributed by atoms with Gasteiger partial charge in [0.05, 0.1) is 19.1 Å². The topological polar surface area (TPSA) is 71.1 Å². The molecule has 6 heteroatoms. The molecule has 0 spiro atoms. The minimum atomic E-state index is -0.712. The van der Waals surface area contributed by atoms with E-state index >= 15 is 0 Å². The van der Waals surface area contributed by atoms with Gasteiger partial charge >= 0.3 is 5.97 Å². The van der Waals surface area contributed by atoms with Crippen LogP contribution in [0.25, 0.3) is 0 Å². The molecule has 5 unspecified atom stereocenters. The van der Waals surface area contributed by atoms with Crippen LogP contribution in [0.1, 0.15) is 32.6 Å². The minimum absolute atomic E-state index is 0.168. The molecular formula is C15H22O6. The summed E-state index contributed by atoms with van der Waals surface area (Å²) in [5.41, 5.74) is -0.712. The van der Waals surface area contributed by atoms with Crippen molar-refractivity contribution in [2.45, 2.75) is 50.4 Å². The first-order valence-electron chi connectivity index (χ1n) is 7.70. The summed E-state index contributed by atoms with van der Waals surface area (Å²) in [5, 5.41) is 0. The fourth-order valence-corrected chi connectivity index (χ4v) is 4.16. The summed E-state index contributed by atoms with van der Waals surface area (Å²) < 4.78 is 23.0. The molecule has 0 N–H and O–H groups in total. The van der Waals surface area contributed by atoms with Crippen LogP contribution in [0.5, 0.6) is 0 Å². The molecule has 0 aromatic heterocycles. The zero-order valence-corrected chi connectivity index (χ0v) is 12.3. The van der Waals surface area contributed by atoms with Crippen molar-refractivity contribution in [3.8, 4) is 0 Å². The number of carbonyl (C=O) groups is 2. The van der Waals surface area contributed by atoms with Gasteiger partial charge in [-0.1, -0.05) is 0 Å². The van der Waals surface area contributed by atoms with Gasteiger partial charge < -0.3 is 23.7 Å². The predicted octanol–water partition coefficient (Wildman–Crippen LogP) is 1.07. The molecule has 5 atom stereocenters. The van der Waals surface area contributed by atoms with Crippen LogP contribution >= 0.6 is 0 Å². The largest absolute Gasteiger partial charge is 0.459 e. The Bertz CT molecular complexity index is 411. The summed E-state index contributed by atoms with van der Waals surface area (Å²) in [6, 6.07) is 0. The first-order valence-corrected chi connectivity index (χ1v) is 7.70. The van der Waals surface area contributed by atoms with Gasteiger partial charge in [0.15, 0.2) is 0 Å². The van der Waals surface area contributed by atoms with Crippen molar-refractivity contribution < 1.29 is 28.5 Å². The first-order chi connectivity index (χ1) is 10.2. The Labute approximate surface area is 124 Å². The number of esters is 1. The lowest BCUT2D eigenvalue weighted by Gasteiger charge is -2.56. The number of aldehydes is 1. The highest BCUT2D eigenvalue weighted by Crippen LogP contribution is 2.50. The normalized spacial score (nSPS) is 43.2. The number of hydrogen-bond donors (Lipinski definition) is 0. The van der Waals surface area contributed by atoms with E-state index in [0.29, 0.717) is 26.1 Å². The minimum Gasteiger partial charge on any atom is -0.459 e. The maximum Gasteiger partial charge on any atom is 0.306 e. The van der Waals surface area contributed by atoms with Gasteiger partial charge in [0.1, 0.15) is 24.8 Å². The van der Waals surface area contributed by atoms with Crippen LogP contribution in [-0.4, -0.2) is 50.1 Å². The van der Waals surface area contributed by atoms with E-state index in [4.69, 9.17) is 18.9 Å². The van der Waals surface area contributed by atoms with Crippen molar-refractivity contribution in [1.29, 1.82) is 0 Å². The lowest BCUT2D eigenvalue weighted by atomic mass is 9.62. The van der Waals surface area contributed by atoms with Gasteiger partial charge in [0, 0.05) is 24.9 Å². The van der Waals surface area contributed by atoms with Crippen LogP contribution in [0.2, 0.25) is 0 Å². The average molecular weight is 298 g/mol. The van der Waals surface area contributed by atoms with Crippen LogP contribution in [0.3, 0.4) is 0 Å². The Hall–Kier alpha value is -0.980. The standard InChI is InChI=1S/C15H22O6/c1-2-20-15-11-7-14(17)21-13(15)5-6-18-9-19-12(15)4-3-10(11)8-16/h8,10-13H,2-7,9H2,1H3. The van der Waals surface area contributed by atoms with E-state index in [1.165, 1.54) is 0 Å². The van der Waals surface area contributed by atoms with Crippen LogP contribution in [-0.2, 0) is 28.5 Å². The number of rotatable bonds is 3. The van der Waals surface area contributed by atoms with E-state index in [2.05, 4.69) is 0 Å². The highest BCUT2D eigenvalue weighted by molar-refractivity contribution is 5.73. The summed E-state index contributed by atoms with van der Waals surface area (Å²) in [7, 11) is 0. The fourth-order valence-electron chi connectivity index (χ4n) is 4.16. The Morgan fingerprint density at radius 2 is 2.19 bits per heavy atom. The van der Waals surface area contributed by atoms with E-state index in [1.807, 2.05) is 6.92 Å². The monoisotopic (exact) mass is 298 g/mol. The molecule has 0 aromatic carbocycles. The molecule has 3 fully saturated rings. The van der Waals surface area contributed by atoms with Crippen LogP contribution in [0, 0.1) is 11.8 Å². The van der Waals surface area contributed by atoms with Crippen molar-refractivity contribution in [2.75, 3.05) is 20.0 Å². The quantitative estimate of drug-likeness (QED) is 0.573. The molecule has 118 valence electrons. The lowest BCUT2D eigenvalue weighted by Crippen LogP contribution is -2.68. The maximum absolute atomic E-state index is 11.9. The molecule has 21 heavy (non-hydrogen) atoms. The summed E-state index contributed by atoms with van der Waals surface area (Å²) >= 11 is 0. The van der Waals surface area contributed by atoms with E-state index in [-0.39, 0.29) is 37.1 Å². The SMILES string of the molecule is CCOC12C3CCC(C=O)C1CC(=O)OC2CCOCO3. The molecule has 3 rings (SSSR count). The zero-order valence-electron chi connectivity index (χ0n) is 12.3. The van der Waals surface area contributed by atoms with E-state index in [0.717, 1.165) is 12.7 Å². The van der Waals surface area contributed by atoms with Gasteiger partial charge in [-0.15, -0.1) is 0 Å². The van der Waals surface area contributed by atoms with Crippen LogP contribution < -0.4 is 0 Å². The molecule has 1 saturated carbocycles. The van der Waals surface area contributed by atoms with Crippen molar-refractivity contribution in [3.05, 3.63) is 0 Å². The van der Waals surface area contributed by atoms with Crippen molar-refractivity contribution in [2.24, 2.45) is 11.8 Å². The highest BCUT2D eigenvalue weighted by Gasteiger charge is 2.62. The molecule has 0 aromatic rings. The van der Waals surface area contributed by atoms with Gasteiger partial charge in [0.2, 0.25) is 0 Å². The molecule has 2 saturated heterocycles. The number of ether oxygens (including phenoxy) is 4. The molecule has 3 aliphatic rings. The van der Waals surface area contributed by atoms with Crippen molar-refractivity contribution in [3.63, 3.8) is 0 Å². The summed E-state index contributed by atoms with van der Waals surface area (Å²) in [6.45, 7) is 3.09. The van der Waals surface area contributed by atoms with Crippen molar-refractivity contribution in [1.82, 2.24) is 0 Å². The third-order valence-electron chi connectivity index (χ3n) is 4.97. The summed E-state index contributed by atoms with van der Waals surface area (Å²) in [5.74, 6) is -0.599. The average Bonchev–Trinajstić information content (AvgIpc) is 2.46. The molecule has 2 heterocycles. The maximum atomic E-state index is 11.9. The Kier molecular flexibility index (Phi) is 4.28. The number of carbonyl (C=O) groups excluding carboxylic acids is 2. The van der Waals surface area contributed by atoms with Gasteiger partial charge in [-0.05, 0) is 19.8 Å². The van der Waals surface area contributed by atoms with Gasteiger partial charge in [0.25, 0.3) is 0 Å². The zero-order chi connectivity index (χ0) is 14.9. The highest BCUT2D eigenvalue weighted by atomic mass is 16.7. The second kappa shape index (κ2) is 6.02. The third-order valence-corrected chi connectivity index (χ3v) is 4.97. The third kappa shape index (κ3) is 2.39. The first kappa shape index (κ1) is 14.9. The fraction of sp³-hybridized carbons (Fsp3) is 0.867. The summed E-state index contributed by atoms with van der Waals surface area (Å²) in [4.78, 5) is 23.4.